The van der Waals surface area contributed by atoms with Gasteiger partial charge in [-0.2, -0.15) is 13.2 Å². The monoisotopic (exact) mass is 446 g/mol. The first kappa shape index (κ1) is 23.9. The van der Waals surface area contributed by atoms with Gasteiger partial charge in [0.05, 0.1) is 22.3 Å². The number of alkyl halides is 3. The molecule has 0 bridgehead atoms. The van der Waals surface area contributed by atoms with Gasteiger partial charge < -0.3 is 4.74 Å². The SMILES string of the molecule is COc1cc(F)cc(C(=O)CCCC(C)(C)S(=O)(=O)c2cccc(C(F)(F)F)c2)c1. The van der Waals surface area contributed by atoms with Crippen LogP contribution in [-0.4, -0.2) is 26.1 Å². The highest BCUT2D eigenvalue weighted by atomic mass is 32.2. The van der Waals surface area contributed by atoms with Crippen LogP contribution in [0.15, 0.2) is 47.4 Å². The van der Waals surface area contributed by atoms with E-state index in [1.165, 1.54) is 27.0 Å². The zero-order valence-electron chi connectivity index (χ0n) is 16.7. The molecule has 0 radical (unpaired) electrons. The number of carbonyl (C=O) groups is 1. The Hall–Kier alpha value is -2.42. The first-order valence-corrected chi connectivity index (χ1v) is 10.6. The van der Waals surface area contributed by atoms with Gasteiger partial charge in [-0.25, -0.2) is 12.8 Å². The Bertz CT molecular complexity index is 1030. The van der Waals surface area contributed by atoms with Gasteiger partial charge in [-0.3, -0.25) is 4.79 Å². The molecule has 9 heteroatoms. The molecule has 2 rings (SSSR count). The molecule has 0 aliphatic carbocycles. The maximum absolute atomic E-state index is 13.6. The molecule has 2 aromatic rings. The summed E-state index contributed by atoms with van der Waals surface area (Å²) in [6, 6.07) is 7.16. The molecule has 0 aromatic heterocycles. The van der Waals surface area contributed by atoms with Crippen molar-refractivity contribution in [1.82, 2.24) is 0 Å². The maximum atomic E-state index is 13.6. The summed E-state index contributed by atoms with van der Waals surface area (Å²) in [6.07, 6.45) is -4.52. The topological polar surface area (TPSA) is 60.4 Å². The molecule has 0 N–H and O–H groups in total. The highest BCUT2D eigenvalue weighted by Crippen LogP contribution is 2.35. The van der Waals surface area contributed by atoms with Gasteiger partial charge in [0, 0.05) is 18.1 Å². The second-order valence-corrected chi connectivity index (χ2v) is 10.0. The Kier molecular flexibility index (Phi) is 6.96. The summed E-state index contributed by atoms with van der Waals surface area (Å²) in [6.45, 7) is 2.80. The zero-order valence-corrected chi connectivity index (χ0v) is 17.5. The Morgan fingerprint density at radius 2 is 1.73 bits per heavy atom. The Morgan fingerprint density at radius 3 is 2.33 bits per heavy atom. The zero-order chi connectivity index (χ0) is 22.7. The molecule has 2 aromatic carbocycles. The minimum atomic E-state index is -4.66. The van der Waals surface area contributed by atoms with Gasteiger partial charge >= 0.3 is 6.18 Å². The summed E-state index contributed by atoms with van der Waals surface area (Å²) >= 11 is 0. The highest BCUT2D eigenvalue weighted by molar-refractivity contribution is 7.92. The smallest absolute Gasteiger partial charge is 0.416 e. The normalized spacial score (nSPS) is 12.6. The van der Waals surface area contributed by atoms with E-state index in [0.717, 1.165) is 30.3 Å². The third-order valence-electron chi connectivity index (χ3n) is 4.81. The minimum Gasteiger partial charge on any atom is -0.497 e. The molecule has 0 saturated carbocycles. The lowest BCUT2D eigenvalue weighted by molar-refractivity contribution is -0.137. The molecule has 0 spiro atoms. The van der Waals surface area contributed by atoms with Crippen molar-refractivity contribution in [2.45, 2.75) is 48.9 Å². The van der Waals surface area contributed by atoms with E-state index in [1.54, 1.807) is 0 Å². The van der Waals surface area contributed by atoms with E-state index in [2.05, 4.69) is 0 Å². The van der Waals surface area contributed by atoms with Crippen LogP contribution in [0, 0.1) is 5.82 Å². The van der Waals surface area contributed by atoms with Gasteiger partial charge in [-0.05, 0) is 57.0 Å². The fourth-order valence-electron chi connectivity index (χ4n) is 2.95. The van der Waals surface area contributed by atoms with Crippen LogP contribution in [0.25, 0.3) is 0 Å². The quantitative estimate of drug-likeness (QED) is 0.399. The van der Waals surface area contributed by atoms with Crippen molar-refractivity contribution in [3.8, 4) is 5.75 Å². The van der Waals surface area contributed by atoms with Crippen molar-refractivity contribution in [2.24, 2.45) is 0 Å². The number of hydrogen-bond donors (Lipinski definition) is 0. The average molecular weight is 446 g/mol. The van der Waals surface area contributed by atoms with Crippen molar-refractivity contribution in [3.05, 3.63) is 59.4 Å². The van der Waals surface area contributed by atoms with E-state index in [9.17, 15) is 30.8 Å². The van der Waals surface area contributed by atoms with Crippen molar-refractivity contribution < 1.29 is 35.5 Å². The van der Waals surface area contributed by atoms with Crippen molar-refractivity contribution in [1.29, 1.82) is 0 Å². The number of methoxy groups -OCH3 is 1. The standard InChI is InChI=1S/C21H22F4O4S/c1-20(2,30(27,28)18-7-4-6-15(12-18)21(23,24)25)9-5-8-19(26)14-10-16(22)13-17(11-14)29-3/h4,6-7,10-13H,5,8-9H2,1-3H3. The molecule has 0 atom stereocenters. The van der Waals surface area contributed by atoms with E-state index in [1.807, 2.05) is 0 Å². The van der Waals surface area contributed by atoms with E-state index in [4.69, 9.17) is 4.74 Å². The van der Waals surface area contributed by atoms with Gasteiger partial charge in [0.15, 0.2) is 15.6 Å². The van der Waals surface area contributed by atoms with Gasteiger partial charge in [0.1, 0.15) is 11.6 Å². The van der Waals surface area contributed by atoms with Crippen LogP contribution in [-0.2, 0) is 16.0 Å². The molecular weight excluding hydrogens is 424 g/mol. The molecule has 0 aliphatic rings. The average Bonchev–Trinajstić information content (AvgIpc) is 2.66. The number of rotatable bonds is 8. The van der Waals surface area contributed by atoms with Crippen LogP contribution < -0.4 is 4.74 Å². The molecule has 164 valence electrons. The Balaban J connectivity index is 2.13. The summed E-state index contributed by atoms with van der Waals surface area (Å²) in [7, 11) is -2.76. The second kappa shape index (κ2) is 8.75. The number of ether oxygens (including phenoxy) is 1. The van der Waals surface area contributed by atoms with Crippen LogP contribution >= 0.6 is 0 Å². The molecule has 30 heavy (non-hydrogen) atoms. The van der Waals surface area contributed by atoms with Gasteiger partial charge in [0.2, 0.25) is 0 Å². The maximum Gasteiger partial charge on any atom is 0.416 e. The largest absolute Gasteiger partial charge is 0.497 e. The predicted molar refractivity (Wildman–Crippen MR) is 104 cm³/mol. The van der Waals surface area contributed by atoms with Crippen molar-refractivity contribution >= 4 is 15.6 Å². The first-order valence-electron chi connectivity index (χ1n) is 9.07. The third kappa shape index (κ3) is 5.38. The fraction of sp³-hybridized carbons (Fsp3) is 0.381. The van der Waals surface area contributed by atoms with Gasteiger partial charge in [-0.15, -0.1) is 0 Å². The summed E-state index contributed by atoms with van der Waals surface area (Å²) in [5, 5.41) is 0. The van der Waals surface area contributed by atoms with E-state index in [-0.39, 0.29) is 36.4 Å². The van der Waals surface area contributed by atoms with Gasteiger partial charge in [0.25, 0.3) is 0 Å². The summed E-state index contributed by atoms with van der Waals surface area (Å²) in [5.41, 5.74) is -0.944. The Morgan fingerprint density at radius 1 is 1.07 bits per heavy atom. The third-order valence-corrected chi connectivity index (χ3v) is 7.34. The summed E-state index contributed by atoms with van der Waals surface area (Å²) in [4.78, 5) is 11.9. The number of carbonyl (C=O) groups excluding carboxylic acids is 1. The molecule has 0 saturated heterocycles. The highest BCUT2D eigenvalue weighted by Gasteiger charge is 2.37. The molecule has 0 unspecified atom stereocenters. The number of benzene rings is 2. The van der Waals surface area contributed by atoms with Gasteiger partial charge in [-0.1, -0.05) is 6.07 Å². The second-order valence-electron chi connectivity index (χ2n) is 7.45. The molecule has 0 fully saturated rings. The predicted octanol–water partition coefficient (Wildman–Crippen LogP) is 5.46. The molecule has 4 nitrogen and oxygen atoms in total. The van der Waals surface area contributed by atoms with E-state index in [0.29, 0.717) is 6.07 Å². The number of halogens is 4. The van der Waals surface area contributed by atoms with Crippen LogP contribution in [0.5, 0.6) is 5.75 Å². The summed E-state index contributed by atoms with van der Waals surface area (Å²) < 4.78 is 81.6. The van der Waals surface area contributed by atoms with Crippen LogP contribution in [0.3, 0.4) is 0 Å². The van der Waals surface area contributed by atoms with Crippen LogP contribution in [0.2, 0.25) is 0 Å². The Labute approximate surface area is 172 Å². The number of sulfone groups is 1. The van der Waals surface area contributed by atoms with Crippen molar-refractivity contribution in [2.75, 3.05) is 7.11 Å². The lowest BCUT2D eigenvalue weighted by Crippen LogP contribution is -2.32. The fourth-order valence-corrected chi connectivity index (χ4v) is 4.54. The summed E-state index contributed by atoms with van der Waals surface area (Å²) in [5.74, 6) is -0.837. The van der Waals surface area contributed by atoms with Crippen LogP contribution in [0.1, 0.15) is 49.0 Å². The first-order chi connectivity index (χ1) is 13.8. The lowest BCUT2D eigenvalue weighted by Gasteiger charge is -2.25. The van der Waals surface area contributed by atoms with E-state index < -0.39 is 37.0 Å². The number of ketones is 1. The van der Waals surface area contributed by atoms with E-state index >= 15 is 0 Å². The molecule has 0 amide bonds. The molecule has 0 aliphatic heterocycles. The molecular formula is C21H22F4O4S. The minimum absolute atomic E-state index is 0.0315. The number of Topliss-reactive ketones (excluding diaryl/α,β-unsaturated/α-hetero) is 1. The lowest BCUT2D eigenvalue weighted by atomic mass is 10.0. The van der Waals surface area contributed by atoms with Crippen LogP contribution in [0.4, 0.5) is 17.6 Å². The molecule has 0 heterocycles. The van der Waals surface area contributed by atoms with Crippen molar-refractivity contribution in [3.63, 3.8) is 0 Å². The number of hydrogen-bond acceptors (Lipinski definition) is 4.